The van der Waals surface area contributed by atoms with Gasteiger partial charge in [-0.3, -0.25) is 14.3 Å². The fourth-order valence-electron chi connectivity index (χ4n) is 4.82. The van der Waals surface area contributed by atoms with Gasteiger partial charge in [0.05, 0.1) is 22.7 Å². The van der Waals surface area contributed by atoms with Gasteiger partial charge in [-0.1, -0.05) is 12.1 Å². The van der Waals surface area contributed by atoms with E-state index in [0.717, 1.165) is 17.3 Å². The Balaban J connectivity index is 1.28. The van der Waals surface area contributed by atoms with Gasteiger partial charge in [0.15, 0.2) is 0 Å². The molecule has 1 fully saturated rings. The van der Waals surface area contributed by atoms with E-state index < -0.39 is 35.1 Å². The number of nitrogens with zero attached hydrogens (tertiary/aromatic N) is 4. The first-order valence-corrected chi connectivity index (χ1v) is 14.2. The monoisotopic (exact) mass is 592 g/mol. The van der Waals surface area contributed by atoms with E-state index in [-0.39, 0.29) is 29.9 Å². The molecule has 0 unspecified atom stereocenters. The maximum Gasteiger partial charge on any atom is 0.410 e. The first kappa shape index (κ1) is 30.0. The Bertz CT molecular complexity index is 1530. The van der Waals surface area contributed by atoms with Crippen molar-refractivity contribution in [2.75, 3.05) is 19.7 Å². The number of hydrogen-bond acceptors (Lipinski definition) is 9. The lowest BCUT2D eigenvalue weighted by Gasteiger charge is -2.26. The van der Waals surface area contributed by atoms with Crippen molar-refractivity contribution in [2.24, 2.45) is 0 Å². The van der Waals surface area contributed by atoms with Crippen LogP contribution in [0.5, 0.6) is 5.75 Å². The zero-order valence-electron chi connectivity index (χ0n) is 25.2. The summed E-state index contributed by atoms with van der Waals surface area (Å²) in [7, 11) is 0. The second kappa shape index (κ2) is 11.3. The van der Waals surface area contributed by atoms with Crippen LogP contribution in [0.2, 0.25) is 0 Å². The largest absolute Gasteiger partial charge is 0.490 e. The molecule has 12 nitrogen and oxygen atoms in total. The topological polar surface area (TPSA) is 130 Å². The molecule has 12 heteroatoms. The van der Waals surface area contributed by atoms with Gasteiger partial charge in [0, 0.05) is 24.7 Å². The van der Waals surface area contributed by atoms with E-state index in [1.165, 1.54) is 12.1 Å². The van der Waals surface area contributed by atoms with E-state index >= 15 is 0 Å². The second-order valence-corrected chi connectivity index (χ2v) is 12.6. The van der Waals surface area contributed by atoms with Crippen LogP contribution in [0.1, 0.15) is 74.7 Å². The van der Waals surface area contributed by atoms with Gasteiger partial charge in [0.2, 0.25) is 6.10 Å². The van der Waals surface area contributed by atoms with E-state index in [1.807, 2.05) is 31.6 Å². The maximum atomic E-state index is 13.0. The van der Waals surface area contributed by atoms with E-state index in [4.69, 9.17) is 19.0 Å². The summed E-state index contributed by atoms with van der Waals surface area (Å²) in [5, 5.41) is 6.05. The second-order valence-electron chi connectivity index (χ2n) is 12.6. The number of carbonyl (C=O) groups excluding carboxylic acids is 4. The van der Waals surface area contributed by atoms with Crippen LogP contribution in [0.4, 0.5) is 4.79 Å². The molecule has 2 aliphatic heterocycles. The number of likely N-dealkylation sites (tertiary alicyclic amines) is 1. The van der Waals surface area contributed by atoms with E-state index in [9.17, 15) is 19.2 Å². The van der Waals surface area contributed by atoms with Crippen molar-refractivity contribution >= 4 is 34.8 Å². The van der Waals surface area contributed by atoms with Crippen LogP contribution < -0.4 is 4.74 Å². The molecule has 2 aromatic carbocycles. The molecular weight excluding hydrogens is 556 g/mol. The van der Waals surface area contributed by atoms with Crippen molar-refractivity contribution < 1.29 is 38.2 Å². The zero-order valence-corrected chi connectivity index (χ0v) is 25.2. The predicted molar refractivity (Wildman–Crippen MR) is 154 cm³/mol. The number of benzene rings is 2. The number of fused-ring (bicyclic) bond motifs is 2. The summed E-state index contributed by atoms with van der Waals surface area (Å²) in [6, 6.07) is 11.6. The van der Waals surface area contributed by atoms with Gasteiger partial charge in [-0.15, -0.1) is 5.06 Å². The third-order valence-corrected chi connectivity index (χ3v) is 6.74. The maximum absolute atomic E-state index is 13.0. The van der Waals surface area contributed by atoms with Crippen LogP contribution in [0.25, 0.3) is 10.9 Å². The van der Waals surface area contributed by atoms with E-state index in [2.05, 4.69) is 5.10 Å². The van der Waals surface area contributed by atoms with Gasteiger partial charge in [-0.2, -0.15) is 5.10 Å². The number of amides is 3. The third-order valence-electron chi connectivity index (χ3n) is 6.74. The van der Waals surface area contributed by atoms with Crippen molar-refractivity contribution in [3.8, 4) is 5.75 Å². The molecule has 43 heavy (non-hydrogen) atoms. The van der Waals surface area contributed by atoms with E-state index in [1.54, 1.807) is 56.0 Å². The summed E-state index contributed by atoms with van der Waals surface area (Å²) >= 11 is 0. The molecule has 3 amide bonds. The number of carbonyl (C=O) groups is 4. The summed E-state index contributed by atoms with van der Waals surface area (Å²) in [4.78, 5) is 58.5. The van der Waals surface area contributed by atoms with Crippen LogP contribution in [0.3, 0.4) is 0 Å². The number of aromatic nitrogens is 2. The molecule has 0 radical (unpaired) electrons. The smallest absolute Gasteiger partial charge is 0.410 e. The Morgan fingerprint density at radius 2 is 1.60 bits per heavy atom. The normalized spacial score (nSPS) is 17.8. The number of hydrogen-bond donors (Lipinski definition) is 0. The Kier molecular flexibility index (Phi) is 7.91. The Hall–Kier alpha value is -4.45. The van der Waals surface area contributed by atoms with Crippen molar-refractivity contribution in [3.05, 3.63) is 59.8 Å². The molecule has 0 N–H and O–H groups in total. The minimum absolute atomic E-state index is 0.00565. The number of hydroxylamine groups is 2. The van der Waals surface area contributed by atoms with Gasteiger partial charge >= 0.3 is 12.1 Å². The van der Waals surface area contributed by atoms with Crippen LogP contribution >= 0.6 is 0 Å². The lowest BCUT2D eigenvalue weighted by atomic mass is 10.1. The van der Waals surface area contributed by atoms with Crippen LogP contribution in [-0.4, -0.2) is 80.6 Å². The summed E-state index contributed by atoms with van der Waals surface area (Å²) in [5.41, 5.74) is -0.294. The molecular formula is C31H36N4O8. The molecule has 0 aliphatic carbocycles. The third kappa shape index (κ3) is 6.80. The minimum Gasteiger partial charge on any atom is -0.490 e. The molecule has 1 saturated heterocycles. The first-order chi connectivity index (χ1) is 20.2. The SMILES string of the molecule is CC(C)(C)OC(=O)[C@H](COc1ccc2nn([C@@H]3CCN(C(=O)OC(C)(C)C)C3)cc2c1)ON1C(=O)c2ccccc2C1=O. The van der Waals surface area contributed by atoms with Gasteiger partial charge < -0.3 is 19.1 Å². The van der Waals surface area contributed by atoms with Crippen LogP contribution in [0.15, 0.2) is 48.7 Å². The standard InChI is InChI=1S/C31H36N4O8/c1-30(2,3)41-28(38)25(43-35-26(36)22-9-7-8-10-23(22)27(35)37)18-40-21-11-12-24-19(15-21)16-34(32-24)20-13-14-33(17-20)29(39)42-31(4,5)6/h7-12,15-16,20,25H,13-14,17-18H2,1-6H3/t20-,25+/m1/s1. The van der Waals surface area contributed by atoms with Gasteiger partial charge in [0.1, 0.15) is 23.6 Å². The predicted octanol–water partition coefficient (Wildman–Crippen LogP) is 4.54. The molecule has 5 rings (SSSR count). The molecule has 0 spiro atoms. The summed E-state index contributed by atoms with van der Waals surface area (Å²) in [5.74, 6) is -1.69. The average Bonchev–Trinajstić information content (AvgIpc) is 3.62. The molecule has 3 heterocycles. The lowest BCUT2D eigenvalue weighted by molar-refractivity contribution is -0.193. The Morgan fingerprint density at radius 3 is 2.23 bits per heavy atom. The molecule has 1 aromatic heterocycles. The molecule has 3 aromatic rings. The number of imide groups is 1. The Labute approximate surface area is 249 Å². The van der Waals surface area contributed by atoms with E-state index in [0.29, 0.717) is 23.9 Å². The summed E-state index contributed by atoms with van der Waals surface area (Å²) < 4.78 is 18.7. The highest BCUT2D eigenvalue weighted by molar-refractivity contribution is 6.20. The zero-order chi connectivity index (χ0) is 31.1. The van der Waals surface area contributed by atoms with Crippen LogP contribution in [-0.2, 0) is 19.1 Å². The Morgan fingerprint density at radius 1 is 0.953 bits per heavy atom. The van der Waals surface area contributed by atoms with Crippen molar-refractivity contribution in [1.82, 2.24) is 19.7 Å². The highest BCUT2D eigenvalue weighted by Crippen LogP contribution is 2.28. The minimum atomic E-state index is -1.41. The molecule has 228 valence electrons. The first-order valence-electron chi connectivity index (χ1n) is 14.2. The summed E-state index contributed by atoms with van der Waals surface area (Å²) in [6.45, 7) is 11.4. The lowest BCUT2D eigenvalue weighted by Crippen LogP contribution is -2.43. The highest BCUT2D eigenvalue weighted by atomic mass is 16.7. The van der Waals surface area contributed by atoms with Crippen LogP contribution in [0, 0.1) is 0 Å². The van der Waals surface area contributed by atoms with Crippen molar-refractivity contribution in [2.45, 2.75) is 71.3 Å². The quantitative estimate of drug-likeness (QED) is 0.287. The van der Waals surface area contributed by atoms with Crippen molar-refractivity contribution in [1.29, 1.82) is 0 Å². The summed E-state index contributed by atoms with van der Waals surface area (Å²) in [6.07, 6.45) is 0.873. The fraction of sp³-hybridized carbons (Fsp3) is 0.452. The molecule has 0 saturated carbocycles. The van der Waals surface area contributed by atoms with Gasteiger partial charge in [-0.05, 0) is 78.3 Å². The fourth-order valence-corrected chi connectivity index (χ4v) is 4.82. The van der Waals surface area contributed by atoms with Gasteiger partial charge in [-0.25, -0.2) is 14.4 Å². The molecule has 0 bridgehead atoms. The molecule has 2 atom stereocenters. The number of rotatable bonds is 7. The highest BCUT2D eigenvalue weighted by Gasteiger charge is 2.41. The average molecular weight is 593 g/mol. The van der Waals surface area contributed by atoms with Crippen molar-refractivity contribution in [3.63, 3.8) is 0 Å². The van der Waals surface area contributed by atoms with Gasteiger partial charge in [0.25, 0.3) is 11.8 Å². The number of ether oxygens (including phenoxy) is 3. The molecule has 2 aliphatic rings. The number of esters is 1.